The molecule has 14 nitrogen and oxygen atoms in total. The molecule has 2 fully saturated rings. The van der Waals surface area contributed by atoms with Crippen LogP contribution in [-0.4, -0.2) is 107 Å². The van der Waals surface area contributed by atoms with Crippen LogP contribution in [0.15, 0.2) is 76.8 Å². The first-order chi connectivity index (χ1) is 28.3. The number of aryl methyl sites for hydroxylation is 2. The number of nitrogens with one attached hydrogen (secondary N) is 2. The predicted octanol–water partition coefficient (Wildman–Crippen LogP) is 5.78. The van der Waals surface area contributed by atoms with Crippen molar-refractivity contribution >= 4 is 96.5 Å². The van der Waals surface area contributed by atoms with Gasteiger partial charge in [0, 0.05) is 104 Å². The van der Waals surface area contributed by atoms with Gasteiger partial charge in [-0.3, -0.25) is 13.4 Å². The summed E-state index contributed by atoms with van der Waals surface area (Å²) in [5.74, 6) is 3.92. The summed E-state index contributed by atoms with van der Waals surface area (Å²) in [4.78, 5) is 40.9. The largest absolute Gasteiger partial charge is 0.368 e. The Labute approximate surface area is 355 Å². The van der Waals surface area contributed by atoms with Gasteiger partial charge in [0.1, 0.15) is 16.5 Å². The number of fused-ring (bicyclic) bond motifs is 3. The first-order valence-electron chi connectivity index (χ1n) is 19.0. The van der Waals surface area contributed by atoms with Crippen LogP contribution in [0, 0.1) is 0 Å². The molecule has 58 heavy (non-hydrogen) atoms. The van der Waals surface area contributed by atoms with Crippen molar-refractivity contribution in [2.24, 2.45) is 0 Å². The van der Waals surface area contributed by atoms with Crippen molar-refractivity contribution < 1.29 is 8.42 Å². The molecule has 4 aliphatic rings. The smallest absolute Gasteiger partial charge is 0.227 e. The summed E-state index contributed by atoms with van der Waals surface area (Å²) in [6.45, 7) is 7.19. The average molecular weight is 878 g/mol. The molecule has 2 saturated heterocycles. The van der Waals surface area contributed by atoms with Gasteiger partial charge in [-0.1, -0.05) is 34.8 Å². The van der Waals surface area contributed by atoms with E-state index in [1.165, 1.54) is 5.69 Å². The summed E-state index contributed by atoms with van der Waals surface area (Å²) in [7, 11) is -2.14. The molecule has 10 rings (SSSR count). The van der Waals surface area contributed by atoms with Crippen LogP contribution in [-0.2, 0) is 41.0 Å². The number of rotatable bonds is 7. The van der Waals surface area contributed by atoms with Crippen molar-refractivity contribution in [3.05, 3.63) is 99.4 Å². The van der Waals surface area contributed by atoms with Crippen molar-refractivity contribution in [3.63, 3.8) is 0 Å². The van der Waals surface area contributed by atoms with Gasteiger partial charge in [0.15, 0.2) is 5.15 Å². The highest BCUT2D eigenvalue weighted by Gasteiger charge is 2.30. The molecular weight excluding hydrogens is 839 g/mol. The molecule has 0 amide bonds. The minimum Gasteiger partial charge on any atom is -0.368 e. The van der Waals surface area contributed by atoms with E-state index in [0.717, 1.165) is 101 Å². The molecule has 4 aromatic heterocycles. The second-order valence-corrected chi connectivity index (χ2v) is 18.4. The zero-order chi connectivity index (χ0) is 39.8. The van der Waals surface area contributed by atoms with Crippen molar-refractivity contribution in [1.29, 1.82) is 0 Å². The number of aromatic nitrogens is 7. The molecule has 300 valence electrons. The van der Waals surface area contributed by atoms with Gasteiger partial charge in [-0.2, -0.15) is 9.97 Å². The van der Waals surface area contributed by atoms with Gasteiger partial charge in [0.25, 0.3) is 0 Å². The van der Waals surface area contributed by atoms with E-state index in [0.29, 0.717) is 58.7 Å². The van der Waals surface area contributed by atoms with E-state index < -0.39 is 21.6 Å². The lowest BCUT2D eigenvalue weighted by Gasteiger charge is -2.36. The van der Waals surface area contributed by atoms with Crippen LogP contribution in [0.5, 0.6) is 0 Å². The highest BCUT2D eigenvalue weighted by Crippen LogP contribution is 2.32. The number of imidazole rings is 1. The fourth-order valence-electron chi connectivity index (χ4n) is 7.52. The van der Waals surface area contributed by atoms with Crippen molar-refractivity contribution in [1.82, 2.24) is 34.9 Å². The molecule has 4 aliphatic heterocycles. The summed E-state index contributed by atoms with van der Waals surface area (Å²) < 4.78 is 24.6. The predicted molar refractivity (Wildman–Crippen MR) is 232 cm³/mol. The van der Waals surface area contributed by atoms with E-state index in [-0.39, 0.29) is 0 Å². The molecular formula is C39H39Cl3N12O2S2. The minimum atomic E-state index is -1.09. The van der Waals surface area contributed by atoms with Crippen molar-refractivity contribution in [3.8, 4) is 0 Å². The lowest BCUT2D eigenvalue weighted by atomic mass is 10.2. The van der Waals surface area contributed by atoms with Gasteiger partial charge < -0.3 is 29.9 Å². The highest BCUT2D eigenvalue weighted by atomic mass is 35.5. The fourth-order valence-corrected chi connectivity index (χ4v) is 10.8. The zero-order valence-corrected chi connectivity index (χ0v) is 35.2. The van der Waals surface area contributed by atoms with Gasteiger partial charge in [0.05, 0.1) is 61.7 Å². The minimum absolute atomic E-state index is 0.339. The number of hydrogen-bond donors (Lipinski definition) is 2. The number of H-pyrrole nitrogens is 1. The lowest BCUT2D eigenvalue weighted by molar-refractivity contribution is 0.637. The van der Waals surface area contributed by atoms with Gasteiger partial charge in [-0.05, 0) is 54.6 Å². The lowest BCUT2D eigenvalue weighted by Crippen LogP contribution is -2.47. The summed E-state index contributed by atoms with van der Waals surface area (Å²) in [6, 6.07) is 17.7. The normalized spacial score (nSPS) is 18.9. The van der Waals surface area contributed by atoms with E-state index in [2.05, 4.69) is 62.0 Å². The number of halogens is 3. The molecule has 2 N–H and O–H groups in total. The third-order valence-electron chi connectivity index (χ3n) is 10.6. The number of nitrogens with zero attached hydrogens (tertiary/aromatic N) is 10. The molecule has 2 aromatic carbocycles. The molecule has 0 spiro atoms. The first kappa shape index (κ1) is 38.9. The number of benzene rings is 2. The Kier molecular flexibility index (Phi) is 11.4. The van der Waals surface area contributed by atoms with Gasteiger partial charge in [0.2, 0.25) is 11.9 Å². The zero-order valence-electron chi connectivity index (χ0n) is 31.3. The van der Waals surface area contributed by atoms with Crippen LogP contribution in [0.25, 0.3) is 11.0 Å². The van der Waals surface area contributed by atoms with Crippen LogP contribution in [0.4, 0.5) is 29.1 Å². The Bertz CT molecular complexity index is 2460. The second kappa shape index (κ2) is 16.9. The molecule has 0 bridgehead atoms. The molecule has 6 aromatic rings. The molecule has 0 aliphatic carbocycles. The number of anilines is 5. The van der Waals surface area contributed by atoms with E-state index in [1.807, 2.05) is 42.5 Å². The van der Waals surface area contributed by atoms with Crippen LogP contribution in [0.1, 0.15) is 17.2 Å². The van der Waals surface area contributed by atoms with Gasteiger partial charge >= 0.3 is 0 Å². The van der Waals surface area contributed by atoms with Crippen LogP contribution in [0.3, 0.4) is 0 Å². The molecule has 19 heteroatoms. The van der Waals surface area contributed by atoms with E-state index in [4.69, 9.17) is 44.8 Å². The number of pyridine rings is 1. The number of aromatic amines is 1. The van der Waals surface area contributed by atoms with Crippen LogP contribution in [0.2, 0.25) is 15.2 Å². The maximum absolute atomic E-state index is 12.7. The highest BCUT2D eigenvalue weighted by molar-refractivity contribution is 7.85. The molecule has 2 atom stereocenters. The van der Waals surface area contributed by atoms with Crippen LogP contribution >= 0.6 is 34.8 Å². The SMILES string of the molecule is O=S1CCc2nc(N3CCN(c4ccc(Cl)cc4)CC3)nc(Cl)c21.O=S1CCc2nc(N3CCN(c4ccc(Cl)cc4)CC3)nc(NCc3nc4ccncc4[nH]3)c21. The van der Waals surface area contributed by atoms with Crippen molar-refractivity contribution in [2.75, 3.05) is 88.8 Å². The second-order valence-electron chi connectivity index (χ2n) is 14.2. The Hall–Kier alpha value is -4.61. The van der Waals surface area contributed by atoms with Crippen molar-refractivity contribution in [2.45, 2.75) is 29.2 Å². The topological polar surface area (TPSA) is 152 Å². The summed E-state index contributed by atoms with van der Waals surface area (Å²) in [5.41, 5.74) is 5.79. The maximum Gasteiger partial charge on any atom is 0.227 e. The molecule has 0 radical (unpaired) electrons. The third-order valence-corrected chi connectivity index (χ3v) is 14.4. The average Bonchev–Trinajstić information content (AvgIpc) is 3.97. The first-order valence-corrected chi connectivity index (χ1v) is 22.8. The maximum atomic E-state index is 12.7. The Balaban J connectivity index is 0.000000160. The fraction of sp³-hybridized carbons (Fsp3) is 0.333. The van der Waals surface area contributed by atoms with Gasteiger partial charge in [-0.25, -0.2) is 15.0 Å². The quantitative estimate of drug-likeness (QED) is 0.187. The van der Waals surface area contributed by atoms with E-state index in [9.17, 15) is 8.42 Å². The number of piperazine rings is 2. The van der Waals surface area contributed by atoms with Crippen LogP contribution < -0.4 is 24.9 Å². The summed E-state index contributed by atoms with van der Waals surface area (Å²) in [5, 5.41) is 5.19. The van der Waals surface area contributed by atoms with E-state index >= 15 is 0 Å². The monoisotopic (exact) mass is 876 g/mol. The van der Waals surface area contributed by atoms with E-state index in [1.54, 1.807) is 12.4 Å². The standard InChI is InChI=1S/C23H23ClN8OS.C16H16Cl2N4OS/c24-15-1-3-16(4-2-15)31-8-10-32(11-9-31)23-29-18-6-12-34(33)21(18)22(30-23)26-14-20-27-17-5-7-25-13-19(17)28-20;17-11-1-3-12(4-2-11)21-6-8-22(9-7-21)16-19-13-5-10-24(23)14(13)15(18)20-16/h1-5,7,13H,6,8-12,14H2,(H,27,28)(H,26,29,30);1-4H,5-10H2. The number of hydrogen-bond acceptors (Lipinski definition) is 13. The molecule has 8 heterocycles. The Morgan fingerprint density at radius 3 is 1.71 bits per heavy atom. The molecule has 2 unspecified atom stereocenters. The molecule has 0 saturated carbocycles. The Morgan fingerprint density at radius 1 is 0.621 bits per heavy atom. The summed E-state index contributed by atoms with van der Waals surface area (Å²) in [6.07, 6.45) is 4.89. The third kappa shape index (κ3) is 8.30. The summed E-state index contributed by atoms with van der Waals surface area (Å²) >= 11 is 18.2. The van der Waals surface area contributed by atoms with Gasteiger partial charge in [-0.15, -0.1) is 0 Å². The Morgan fingerprint density at radius 2 is 1.14 bits per heavy atom.